The number of hydrogen-bond donors (Lipinski definition) is 1. The van der Waals surface area contributed by atoms with Crippen LogP contribution in [0.2, 0.25) is 0 Å². The second-order valence-corrected chi connectivity index (χ2v) is 2.73. The first-order valence-electron chi connectivity index (χ1n) is 1.07. The van der Waals surface area contributed by atoms with Gasteiger partial charge in [0.25, 0.3) is 0 Å². The zero-order valence-electron chi connectivity index (χ0n) is 2.84. The van der Waals surface area contributed by atoms with Gasteiger partial charge in [-0.05, 0) is 6.66 Å². The molecule has 0 fully saturated rings. The normalized spacial score (nSPS) is 21.4. The Bertz CT molecular complexity index is 55.8. The molecule has 0 spiro atoms. The van der Waals surface area contributed by atoms with Crippen LogP contribution >= 0.6 is 7.52 Å². The Morgan fingerprint density at radius 2 is 2.00 bits per heavy atom. The molecule has 0 amide bonds. The van der Waals surface area contributed by atoms with Gasteiger partial charge in [0.1, 0.15) is 0 Å². The van der Waals surface area contributed by atoms with E-state index in [1.54, 1.807) is 0 Å². The van der Waals surface area contributed by atoms with Crippen LogP contribution in [0.4, 0.5) is 0 Å². The Balaban J connectivity index is 3.47. The van der Waals surface area contributed by atoms with E-state index in [1.807, 2.05) is 0 Å². The summed E-state index contributed by atoms with van der Waals surface area (Å²) in [6, 6.07) is 0. The van der Waals surface area contributed by atoms with Crippen LogP contribution in [0.25, 0.3) is 0 Å². The molecule has 0 rings (SSSR count). The standard InChI is InChI=1S/CH6NO2P/c1-5(2,3)4/h1H3,(H3,2,3,4)/p-1. The van der Waals surface area contributed by atoms with Crippen LogP contribution in [-0.2, 0) is 4.57 Å². The van der Waals surface area contributed by atoms with Crippen molar-refractivity contribution in [1.82, 2.24) is 0 Å². The molecule has 0 aromatic carbocycles. The summed E-state index contributed by atoms with van der Waals surface area (Å²) in [5.41, 5.74) is 4.35. The molecule has 0 aromatic rings. The smallest absolute Gasteiger partial charge is 0.0712 e. The van der Waals surface area contributed by atoms with Crippen LogP contribution in [0, 0.1) is 0 Å². The molecule has 3 nitrogen and oxygen atoms in total. The van der Waals surface area contributed by atoms with E-state index in [2.05, 4.69) is 5.50 Å². The van der Waals surface area contributed by atoms with Gasteiger partial charge in [0.05, 0.1) is 7.52 Å². The van der Waals surface area contributed by atoms with Crippen LogP contribution in [0.5, 0.6) is 0 Å². The first kappa shape index (κ1) is 5.15. The molecule has 0 aliphatic carbocycles. The highest BCUT2D eigenvalue weighted by molar-refractivity contribution is 7.53. The molecule has 0 radical (unpaired) electrons. The molecule has 2 N–H and O–H groups in total. The third-order valence-electron chi connectivity index (χ3n) is 0. The summed E-state index contributed by atoms with van der Waals surface area (Å²) in [4.78, 5) is 9.44. The quantitative estimate of drug-likeness (QED) is 0.397. The predicted octanol–water partition coefficient (Wildman–Crippen LogP) is -0.872. The van der Waals surface area contributed by atoms with Gasteiger partial charge >= 0.3 is 0 Å². The lowest BCUT2D eigenvalue weighted by atomic mass is 12.0. The van der Waals surface area contributed by atoms with Crippen molar-refractivity contribution in [2.75, 3.05) is 6.66 Å². The number of rotatable bonds is 0. The van der Waals surface area contributed by atoms with Crippen molar-refractivity contribution in [3.05, 3.63) is 0 Å². The van der Waals surface area contributed by atoms with Crippen LogP contribution in [0.1, 0.15) is 0 Å². The molecule has 0 aliphatic rings. The molecule has 5 heavy (non-hydrogen) atoms. The Labute approximate surface area is 30.3 Å². The van der Waals surface area contributed by atoms with Gasteiger partial charge in [0.15, 0.2) is 0 Å². The molecule has 0 bridgehead atoms. The van der Waals surface area contributed by atoms with Gasteiger partial charge in [-0.2, -0.15) is 0 Å². The molecule has 0 aromatic heterocycles. The van der Waals surface area contributed by atoms with Crippen molar-refractivity contribution in [1.29, 1.82) is 0 Å². The highest BCUT2D eigenvalue weighted by atomic mass is 31.2. The molecular weight excluding hydrogens is 89.0 g/mol. The van der Waals surface area contributed by atoms with Gasteiger partial charge in [-0.3, -0.25) is 5.50 Å². The van der Waals surface area contributed by atoms with Crippen molar-refractivity contribution in [2.24, 2.45) is 5.50 Å². The van der Waals surface area contributed by atoms with Gasteiger partial charge in [-0.15, -0.1) is 0 Å². The Hall–Kier alpha value is 0.150. The largest absolute Gasteiger partial charge is 0.788 e. The Morgan fingerprint density at radius 3 is 2.00 bits per heavy atom. The average molecular weight is 94.0 g/mol. The SMILES string of the molecule is CP(N)(=O)[O-]. The first-order valence-corrected chi connectivity index (χ1v) is 3.21. The zero-order chi connectivity index (χ0) is 4.50. The van der Waals surface area contributed by atoms with Crippen molar-refractivity contribution < 1.29 is 9.46 Å². The minimum Gasteiger partial charge on any atom is -0.788 e. The minimum absolute atomic E-state index is 0.965. The average Bonchev–Trinajstić information content (AvgIpc) is 0.722. The van der Waals surface area contributed by atoms with Gasteiger partial charge in [0.2, 0.25) is 0 Å². The molecule has 4 heteroatoms. The van der Waals surface area contributed by atoms with Crippen LogP contribution in [0.15, 0.2) is 0 Å². The van der Waals surface area contributed by atoms with Crippen molar-refractivity contribution >= 4 is 7.52 Å². The van der Waals surface area contributed by atoms with Crippen molar-refractivity contribution in [3.63, 3.8) is 0 Å². The first-order chi connectivity index (χ1) is 2.00. The second kappa shape index (κ2) is 1.09. The predicted molar refractivity (Wildman–Crippen MR) is 17.7 cm³/mol. The fraction of sp³-hybridized carbons (Fsp3) is 1.00. The lowest BCUT2D eigenvalue weighted by Crippen LogP contribution is -2.05. The fourth-order valence-corrected chi connectivity index (χ4v) is 0. The summed E-state index contributed by atoms with van der Waals surface area (Å²) in [5.74, 6) is 0. The third-order valence-corrected chi connectivity index (χ3v) is 0. The Morgan fingerprint density at radius 1 is 2.00 bits per heavy atom. The van der Waals surface area contributed by atoms with Gasteiger partial charge in [-0.1, -0.05) is 0 Å². The third kappa shape index (κ3) is 853. The lowest BCUT2D eigenvalue weighted by Gasteiger charge is -2.06. The van der Waals surface area contributed by atoms with Crippen LogP contribution in [0.3, 0.4) is 0 Å². The van der Waals surface area contributed by atoms with Gasteiger partial charge in [0, 0.05) is 0 Å². The highest BCUT2D eigenvalue weighted by Crippen LogP contribution is 2.13. The second-order valence-electron chi connectivity index (χ2n) is 0.909. The zero-order valence-corrected chi connectivity index (χ0v) is 3.74. The van der Waals surface area contributed by atoms with Crippen LogP contribution < -0.4 is 10.4 Å². The van der Waals surface area contributed by atoms with E-state index in [4.69, 9.17) is 0 Å². The molecule has 1 unspecified atom stereocenters. The monoisotopic (exact) mass is 94.0 g/mol. The fourth-order valence-electron chi connectivity index (χ4n) is 0. The molecule has 32 valence electrons. The van der Waals surface area contributed by atoms with E-state index in [0.29, 0.717) is 0 Å². The summed E-state index contributed by atoms with van der Waals surface area (Å²) in [6.45, 7) is 0.965. The summed E-state index contributed by atoms with van der Waals surface area (Å²) in [6.07, 6.45) is 0. The topological polar surface area (TPSA) is 66.2 Å². The van der Waals surface area contributed by atoms with Crippen molar-refractivity contribution in [3.8, 4) is 0 Å². The van der Waals surface area contributed by atoms with Crippen LogP contribution in [-0.4, -0.2) is 6.66 Å². The maximum Gasteiger partial charge on any atom is 0.0712 e. The summed E-state index contributed by atoms with van der Waals surface area (Å²) < 4.78 is 9.44. The summed E-state index contributed by atoms with van der Waals surface area (Å²) in [7, 11) is -3.39. The molecule has 0 heterocycles. The number of hydrogen-bond acceptors (Lipinski definition) is 2. The molecule has 0 saturated carbocycles. The van der Waals surface area contributed by atoms with Gasteiger partial charge in [-0.25, -0.2) is 0 Å². The Kier molecular flexibility index (Phi) is 1.12. The van der Waals surface area contributed by atoms with Crippen molar-refractivity contribution in [2.45, 2.75) is 0 Å². The van der Waals surface area contributed by atoms with E-state index in [-0.39, 0.29) is 0 Å². The summed E-state index contributed by atoms with van der Waals surface area (Å²) >= 11 is 0. The lowest BCUT2D eigenvalue weighted by molar-refractivity contribution is -0.173. The molecule has 0 saturated heterocycles. The van der Waals surface area contributed by atoms with Gasteiger partial charge < -0.3 is 9.46 Å². The van der Waals surface area contributed by atoms with E-state index in [0.717, 1.165) is 6.66 Å². The molecular formula is CH5NO2P-. The maximum atomic E-state index is 9.44. The van der Waals surface area contributed by atoms with E-state index >= 15 is 0 Å². The van der Waals surface area contributed by atoms with E-state index < -0.39 is 7.52 Å². The maximum absolute atomic E-state index is 9.44. The highest BCUT2D eigenvalue weighted by Gasteiger charge is 1.76. The summed E-state index contributed by atoms with van der Waals surface area (Å²) in [5, 5.41) is 0. The minimum atomic E-state index is -3.39. The molecule has 1 atom stereocenters. The van der Waals surface area contributed by atoms with E-state index in [9.17, 15) is 9.46 Å². The molecule has 0 aliphatic heterocycles. The number of nitrogens with two attached hydrogens (primary N) is 1. The van der Waals surface area contributed by atoms with E-state index in [1.165, 1.54) is 0 Å².